The van der Waals surface area contributed by atoms with E-state index in [9.17, 15) is 43.8 Å². The summed E-state index contributed by atoms with van der Waals surface area (Å²) in [7, 11) is 0. The van der Waals surface area contributed by atoms with Gasteiger partial charge in [0, 0.05) is 6.42 Å². The summed E-state index contributed by atoms with van der Waals surface area (Å²) < 4.78 is 0. The standard InChI is InChI=1S/C37H62N8O9/c1-20(2)15-27(33(49)41-26(37(53)54)9-7-8-14-38)43-34(50)28(16-21(3)4)44-35(51)29(17-22(5)6)45-36(52)30(18-23-10-12-24(46)13-11-23)42-32(48)25(39)19-31(40)47/h10-13,20-22,25-30,46H,7-9,14-19,38-39H2,1-6H3,(H2,40,47)(H,41,49)(H,42,48)(H,43,50)(H,44,51)(H,45,52)(H,53,54)/t25-,26-,27-,28-,29-,30-/m0/s1. The lowest BCUT2D eigenvalue weighted by molar-refractivity contribution is -0.142. The molecular formula is C37H62N8O9. The van der Waals surface area contributed by atoms with Gasteiger partial charge in [0.25, 0.3) is 0 Å². The van der Waals surface area contributed by atoms with Crippen molar-refractivity contribution in [3.05, 3.63) is 29.8 Å². The molecule has 304 valence electrons. The quantitative estimate of drug-likeness (QED) is 0.0588. The van der Waals surface area contributed by atoms with Crippen LogP contribution in [0.4, 0.5) is 0 Å². The van der Waals surface area contributed by atoms with Crippen LogP contribution in [0.25, 0.3) is 0 Å². The fourth-order valence-electron chi connectivity index (χ4n) is 5.61. The van der Waals surface area contributed by atoms with Crippen LogP contribution in [0.3, 0.4) is 0 Å². The predicted octanol–water partition coefficient (Wildman–Crippen LogP) is -0.0867. The zero-order valence-electron chi connectivity index (χ0n) is 32.4. The number of carboxylic acid groups (broad SMARTS) is 1. The molecule has 0 aliphatic heterocycles. The number of phenolic OH excluding ortho intramolecular Hbond substituents is 1. The maximum atomic E-state index is 13.9. The van der Waals surface area contributed by atoms with E-state index in [0.29, 0.717) is 24.9 Å². The van der Waals surface area contributed by atoms with Gasteiger partial charge >= 0.3 is 5.97 Å². The third-order valence-electron chi connectivity index (χ3n) is 8.35. The number of carbonyl (C=O) groups excluding carboxylic acids is 6. The highest BCUT2D eigenvalue weighted by atomic mass is 16.4. The SMILES string of the molecule is CC(C)C[C@H](NC(=O)[C@H](CC(C)C)NC(=O)[C@H](CC(C)C)NC(=O)[C@H](Cc1ccc(O)cc1)NC(=O)[C@@H](N)CC(N)=O)C(=O)N[C@@H](CCCCN)C(=O)O. The smallest absolute Gasteiger partial charge is 0.326 e. The van der Waals surface area contributed by atoms with Crippen LogP contribution in [-0.4, -0.2) is 94.4 Å². The van der Waals surface area contributed by atoms with Crippen LogP contribution in [0.1, 0.15) is 92.1 Å². The number of aliphatic carboxylic acids is 1. The topological polar surface area (TPSA) is 298 Å². The maximum Gasteiger partial charge on any atom is 0.326 e. The zero-order chi connectivity index (χ0) is 41.1. The van der Waals surface area contributed by atoms with E-state index in [1.165, 1.54) is 12.1 Å². The van der Waals surface area contributed by atoms with Crippen molar-refractivity contribution in [1.82, 2.24) is 26.6 Å². The summed E-state index contributed by atoms with van der Waals surface area (Å²) in [4.78, 5) is 90.9. The highest BCUT2D eigenvalue weighted by Gasteiger charge is 2.34. The Morgan fingerprint density at radius 2 is 1.00 bits per heavy atom. The first-order valence-electron chi connectivity index (χ1n) is 18.5. The van der Waals surface area contributed by atoms with Crippen molar-refractivity contribution in [2.45, 2.75) is 129 Å². The van der Waals surface area contributed by atoms with Gasteiger partial charge in [-0.25, -0.2) is 4.79 Å². The van der Waals surface area contributed by atoms with E-state index in [1.807, 2.05) is 41.5 Å². The summed E-state index contributed by atoms with van der Waals surface area (Å²) in [6, 6.07) is -1.27. The molecule has 0 aliphatic carbocycles. The molecule has 0 heterocycles. The monoisotopic (exact) mass is 762 g/mol. The molecule has 0 aromatic heterocycles. The number of phenols is 1. The lowest BCUT2D eigenvalue weighted by atomic mass is 9.98. The van der Waals surface area contributed by atoms with E-state index in [2.05, 4.69) is 26.6 Å². The number of carbonyl (C=O) groups is 7. The van der Waals surface area contributed by atoms with Gasteiger partial charge in [-0.15, -0.1) is 0 Å². The normalized spacial score (nSPS) is 14.6. The van der Waals surface area contributed by atoms with Gasteiger partial charge in [0.1, 0.15) is 36.0 Å². The van der Waals surface area contributed by atoms with E-state index >= 15 is 0 Å². The van der Waals surface area contributed by atoms with Crippen LogP contribution >= 0.6 is 0 Å². The molecule has 0 saturated carbocycles. The zero-order valence-corrected chi connectivity index (χ0v) is 32.4. The maximum absolute atomic E-state index is 13.9. The second-order valence-corrected chi connectivity index (χ2v) is 15.0. The largest absolute Gasteiger partial charge is 0.508 e. The third-order valence-corrected chi connectivity index (χ3v) is 8.35. The number of primary amides is 1. The van der Waals surface area contributed by atoms with Gasteiger partial charge in [-0.1, -0.05) is 53.7 Å². The molecular weight excluding hydrogens is 700 g/mol. The molecule has 1 aromatic carbocycles. The highest BCUT2D eigenvalue weighted by Crippen LogP contribution is 2.14. The average molecular weight is 763 g/mol. The summed E-state index contributed by atoms with van der Waals surface area (Å²) in [5, 5.41) is 32.6. The van der Waals surface area contributed by atoms with Crippen LogP contribution in [0, 0.1) is 17.8 Å². The Hall–Kier alpha value is -4.77. The van der Waals surface area contributed by atoms with Gasteiger partial charge in [-0.3, -0.25) is 28.8 Å². The molecule has 0 saturated heterocycles. The minimum Gasteiger partial charge on any atom is -0.508 e. The van der Waals surface area contributed by atoms with Crippen LogP contribution in [0.15, 0.2) is 24.3 Å². The Morgan fingerprint density at radius 3 is 1.37 bits per heavy atom. The first kappa shape index (κ1) is 47.3. The summed E-state index contributed by atoms with van der Waals surface area (Å²) in [5.74, 6) is -5.90. The van der Waals surface area contributed by atoms with Crippen molar-refractivity contribution in [3.63, 3.8) is 0 Å². The molecule has 17 heteroatoms. The van der Waals surface area contributed by atoms with Gasteiger partial charge in [0.05, 0.1) is 12.5 Å². The minimum atomic E-state index is -1.34. The molecule has 13 N–H and O–H groups in total. The highest BCUT2D eigenvalue weighted by molar-refractivity contribution is 5.96. The van der Waals surface area contributed by atoms with E-state index in [4.69, 9.17) is 17.2 Å². The van der Waals surface area contributed by atoms with Crippen molar-refractivity contribution in [3.8, 4) is 5.75 Å². The Morgan fingerprint density at radius 1 is 0.611 bits per heavy atom. The summed E-state index contributed by atoms with van der Waals surface area (Å²) in [6.07, 6.45) is 1.21. The molecule has 6 atom stereocenters. The number of carboxylic acids is 1. The average Bonchev–Trinajstić information content (AvgIpc) is 3.06. The van der Waals surface area contributed by atoms with Crippen LogP contribution in [0.2, 0.25) is 0 Å². The van der Waals surface area contributed by atoms with Crippen LogP contribution in [0.5, 0.6) is 5.75 Å². The number of amides is 6. The Bertz CT molecular complexity index is 1400. The first-order chi connectivity index (χ1) is 25.2. The Kier molecular flexibility index (Phi) is 20.8. The van der Waals surface area contributed by atoms with E-state index in [1.54, 1.807) is 12.1 Å². The van der Waals surface area contributed by atoms with Gasteiger partial charge in [0.2, 0.25) is 35.4 Å². The second-order valence-electron chi connectivity index (χ2n) is 15.0. The number of rotatable bonds is 25. The fraction of sp³-hybridized carbons (Fsp3) is 0.649. The Labute approximate surface area is 317 Å². The summed E-state index contributed by atoms with van der Waals surface area (Å²) >= 11 is 0. The van der Waals surface area contributed by atoms with Gasteiger partial charge in [0.15, 0.2) is 0 Å². The Balaban J connectivity index is 3.32. The van der Waals surface area contributed by atoms with Gasteiger partial charge in [-0.05, 0) is 80.5 Å². The van der Waals surface area contributed by atoms with Crippen molar-refractivity contribution < 1.29 is 43.8 Å². The number of aromatic hydroxyl groups is 1. The van der Waals surface area contributed by atoms with Gasteiger partial charge < -0.3 is 54.0 Å². The number of unbranched alkanes of at least 4 members (excludes halogenated alkanes) is 1. The molecule has 17 nitrogen and oxygen atoms in total. The molecule has 0 unspecified atom stereocenters. The molecule has 0 radical (unpaired) electrons. The summed E-state index contributed by atoms with van der Waals surface area (Å²) in [5.41, 5.74) is 17.1. The van der Waals surface area contributed by atoms with Gasteiger partial charge in [-0.2, -0.15) is 0 Å². The third kappa shape index (κ3) is 18.3. The lowest BCUT2D eigenvalue weighted by Gasteiger charge is -2.29. The van der Waals surface area contributed by atoms with Crippen LogP contribution < -0.4 is 43.8 Å². The molecule has 1 aromatic rings. The minimum absolute atomic E-state index is 0.0140. The first-order valence-corrected chi connectivity index (χ1v) is 18.5. The number of nitrogens with two attached hydrogens (primary N) is 3. The molecule has 0 bridgehead atoms. The van der Waals surface area contributed by atoms with Crippen molar-refractivity contribution in [1.29, 1.82) is 0 Å². The summed E-state index contributed by atoms with van der Waals surface area (Å²) in [6.45, 7) is 11.4. The number of hydrogen-bond acceptors (Lipinski definition) is 10. The van der Waals surface area contributed by atoms with Crippen molar-refractivity contribution in [2.75, 3.05) is 6.54 Å². The molecule has 0 aliphatic rings. The van der Waals surface area contributed by atoms with Crippen molar-refractivity contribution >= 4 is 41.4 Å². The molecule has 54 heavy (non-hydrogen) atoms. The van der Waals surface area contributed by atoms with Crippen LogP contribution in [-0.2, 0) is 40.0 Å². The fourth-order valence-corrected chi connectivity index (χ4v) is 5.61. The van der Waals surface area contributed by atoms with E-state index in [0.717, 1.165) is 0 Å². The number of hydrogen-bond donors (Lipinski definition) is 10. The molecule has 1 rings (SSSR count). The van der Waals surface area contributed by atoms with Crippen molar-refractivity contribution in [2.24, 2.45) is 35.0 Å². The molecule has 0 spiro atoms. The van der Waals surface area contributed by atoms with E-state index in [-0.39, 0.29) is 55.6 Å². The lowest BCUT2D eigenvalue weighted by Crippen LogP contribution is -2.60. The number of nitrogens with one attached hydrogen (secondary N) is 5. The predicted molar refractivity (Wildman–Crippen MR) is 202 cm³/mol. The molecule has 6 amide bonds. The molecule has 0 fully saturated rings. The van der Waals surface area contributed by atoms with E-state index < -0.39 is 84.1 Å². The second kappa shape index (κ2) is 23.8. The number of benzene rings is 1.